The molecule has 0 bridgehead atoms. The molecule has 3 heterocycles. The van der Waals surface area contributed by atoms with Gasteiger partial charge in [-0.3, -0.25) is 4.79 Å². The van der Waals surface area contributed by atoms with Crippen LogP contribution in [0.2, 0.25) is 0 Å². The maximum absolute atomic E-state index is 13.3. The summed E-state index contributed by atoms with van der Waals surface area (Å²) in [6.45, 7) is 4.88. The van der Waals surface area contributed by atoms with Gasteiger partial charge in [0.25, 0.3) is 5.91 Å². The van der Waals surface area contributed by atoms with Gasteiger partial charge in [-0.15, -0.1) is 6.42 Å². The Morgan fingerprint density at radius 2 is 2.02 bits per heavy atom. The summed E-state index contributed by atoms with van der Waals surface area (Å²) in [6.07, 6.45) is 10.8. The van der Waals surface area contributed by atoms with Gasteiger partial charge in [0.1, 0.15) is 12.7 Å². The van der Waals surface area contributed by atoms with Crippen LogP contribution in [-0.2, 0) is 17.9 Å². The van der Waals surface area contributed by atoms with Crippen LogP contribution in [0, 0.1) is 37.5 Å². The number of esters is 1. The summed E-state index contributed by atoms with van der Waals surface area (Å²) < 4.78 is 6.88. The van der Waals surface area contributed by atoms with E-state index in [0.717, 1.165) is 27.8 Å². The molecule has 4 aromatic rings. The Kier molecular flexibility index (Phi) is 7.41. The molecule has 0 spiro atoms. The highest BCUT2D eigenvalue weighted by atomic mass is 16.5. The van der Waals surface area contributed by atoms with E-state index in [1.807, 2.05) is 32.2 Å². The van der Waals surface area contributed by atoms with E-state index < -0.39 is 6.04 Å². The first kappa shape index (κ1) is 26.4. The third-order valence-electron chi connectivity index (χ3n) is 6.98. The minimum Gasteiger partial charge on any atom is -0.457 e. The number of ether oxygens (including phenoxy) is 1. The van der Waals surface area contributed by atoms with Gasteiger partial charge in [-0.25, -0.2) is 14.5 Å². The van der Waals surface area contributed by atoms with Crippen molar-refractivity contribution in [3.8, 4) is 24.2 Å². The number of fused-ring (bicyclic) bond motifs is 1. The minimum atomic E-state index is -0.419. The molecule has 1 atom stereocenters. The van der Waals surface area contributed by atoms with Crippen molar-refractivity contribution < 1.29 is 14.3 Å². The van der Waals surface area contributed by atoms with Crippen molar-refractivity contribution in [1.29, 1.82) is 5.26 Å². The summed E-state index contributed by atoms with van der Waals surface area (Å²) in [6, 6.07) is 14.1. The second-order valence-electron chi connectivity index (χ2n) is 9.49. The molecule has 2 aromatic carbocycles. The highest BCUT2D eigenvalue weighted by Gasteiger charge is 2.27. The van der Waals surface area contributed by atoms with Gasteiger partial charge in [0.15, 0.2) is 5.82 Å². The van der Waals surface area contributed by atoms with Crippen LogP contribution in [-0.4, -0.2) is 33.2 Å². The molecule has 2 N–H and O–H groups in total. The lowest BCUT2D eigenvalue weighted by Crippen LogP contribution is -2.36. The number of nitrogens with one attached hydrogen (secondary N) is 2. The van der Waals surface area contributed by atoms with E-state index in [4.69, 9.17) is 16.4 Å². The summed E-state index contributed by atoms with van der Waals surface area (Å²) in [4.78, 5) is 29.7. The van der Waals surface area contributed by atoms with Crippen LogP contribution < -0.4 is 10.6 Å². The monoisotopic (exact) mass is 530 g/mol. The smallest absolute Gasteiger partial charge is 0.338 e. The van der Waals surface area contributed by atoms with E-state index in [2.05, 4.69) is 32.7 Å². The van der Waals surface area contributed by atoms with E-state index >= 15 is 0 Å². The molecule has 9 heteroatoms. The zero-order valence-corrected chi connectivity index (χ0v) is 22.1. The quantitative estimate of drug-likeness (QED) is 0.263. The maximum Gasteiger partial charge on any atom is 0.338 e. The number of rotatable bonds is 8. The second-order valence-corrected chi connectivity index (χ2v) is 9.49. The van der Waals surface area contributed by atoms with Crippen molar-refractivity contribution in [2.75, 3.05) is 6.54 Å². The maximum atomic E-state index is 13.3. The number of aryl methyl sites for hydroxylation is 1. The zero-order chi connectivity index (χ0) is 28.2. The normalized spacial score (nSPS) is 12.7. The molecule has 9 nitrogen and oxygen atoms in total. The highest BCUT2D eigenvalue weighted by Crippen LogP contribution is 2.29. The first-order chi connectivity index (χ1) is 19.4. The number of hydrogen-bond donors (Lipinski definition) is 2. The highest BCUT2D eigenvalue weighted by molar-refractivity contribution is 5.97. The Hall–Kier alpha value is -5.25. The van der Waals surface area contributed by atoms with Crippen LogP contribution in [0.5, 0.6) is 0 Å². The standard InChI is InChI=1S/C31H26N6O3/c1-4-22-7-5-6-8-25(22)30(38)36-28(24-9-10-26-27(20(24)3)18-40-31(26)39)16-33-13-21-14-35-37(17-21)29-11-19(2)23(12-32)15-34-29/h1,5-11,14-15,17,28,33H,13,16,18H2,2-3H3,(H,36,38)/t28-/m0/s1. The fourth-order valence-corrected chi connectivity index (χ4v) is 4.75. The second kappa shape index (κ2) is 11.2. The van der Waals surface area contributed by atoms with E-state index in [-0.39, 0.29) is 18.5 Å². The van der Waals surface area contributed by atoms with Crippen LogP contribution in [0.15, 0.2) is 61.1 Å². The number of cyclic esters (lactones) is 1. The molecule has 1 aliphatic heterocycles. The predicted octanol–water partition coefficient (Wildman–Crippen LogP) is 3.67. The van der Waals surface area contributed by atoms with Crippen molar-refractivity contribution >= 4 is 11.9 Å². The van der Waals surface area contributed by atoms with Crippen LogP contribution >= 0.6 is 0 Å². The van der Waals surface area contributed by atoms with Gasteiger partial charge in [-0.1, -0.05) is 24.1 Å². The van der Waals surface area contributed by atoms with E-state index in [1.165, 1.54) is 6.20 Å². The Bertz CT molecular complexity index is 1710. The number of hydrogen-bond acceptors (Lipinski definition) is 7. The summed E-state index contributed by atoms with van der Waals surface area (Å²) in [5.41, 5.74) is 6.34. The molecule has 2 aromatic heterocycles. The van der Waals surface area contributed by atoms with Gasteiger partial charge in [0.05, 0.1) is 28.9 Å². The van der Waals surface area contributed by atoms with Crippen LogP contribution in [0.3, 0.4) is 0 Å². The number of aromatic nitrogens is 3. The molecule has 1 aliphatic rings. The van der Waals surface area contributed by atoms with Crippen LogP contribution in [0.1, 0.15) is 65.7 Å². The summed E-state index contributed by atoms with van der Waals surface area (Å²) in [5.74, 6) is 2.56. The number of pyridine rings is 1. The number of nitriles is 1. The number of nitrogens with zero attached hydrogens (tertiary/aromatic N) is 4. The van der Waals surface area contributed by atoms with Crippen molar-refractivity contribution in [3.05, 3.63) is 111 Å². The lowest BCUT2D eigenvalue weighted by Gasteiger charge is -2.23. The first-order valence-corrected chi connectivity index (χ1v) is 12.7. The molecule has 5 rings (SSSR count). The van der Waals surface area contributed by atoms with Crippen LogP contribution in [0.4, 0.5) is 0 Å². The summed E-state index contributed by atoms with van der Waals surface area (Å²) in [7, 11) is 0. The third kappa shape index (κ3) is 5.19. The SMILES string of the molecule is C#Cc1ccccc1C(=O)N[C@@H](CNCc1cnn(-c2cc(C)c(C#N)cn2)c1)c1ccc2c(c1C)COC2=O. The Balaban J connectivity index is 1.35. The number of carbonyl (C=O) groups is 2. The third-order valence-corrected chi connectivity index (χ3v) is 6.98. The molecule has 198 valence electrons. The average Bonchev–Trinajstić information content (AvgIpc) is 3.60. The van der Waals surface area contributed by atoms with Gasteiger partial charge in [0, 0.05) is 42.2 Å². The molecular weight excluding hydrogens is 504 g/mol. The van der Waals surface area contributed by atoms with E-state index in [9.17, 15) is 9.59 Å². The fourth-order valence-electron chi connectivity index (χ4n) is 4.75. The molecule has 1 amide bonds. The minimum absolute atomic E-state index is 0.212. The fraction of sp³-hybridized carbons (Fsp3) is 0.194. The summed E-state index contributed by atoms with van der Waals surface area (Å²) in [5, 5.41) is 20.1. The van der Waals surface area contributed by atoms with Gasteiger partial charge in [-0.2, -0.15) is 10.4 Å². The largest absolute Gasteiger partial charge is 0.457 e. The average molecular weight is 531 g/mol. The number of benzene rings is 2. The Labute approximate surface area is 231 Å². The molecule has 0 unspecified atom stereocenters. The predicted molar refractivity (Wildman–Crippen MR) is 147 cm³/mol. The topological polar surface area (TPSA) is 122 Å². The number of terminal acetylenes is 1. The molecular formula is C31H26N6O3. The lowest BCUT2D eigenvalue weighted by molar-refractivity contribution is 0.0534. The summed E-state index contributed by atoms with van der Waals surface area (Å²) >= 11 is 0. The van der Waals surface area contributed by atoms with Gasteiger partial charge in [0.2, 0.25) is 0 Å². The van der Waals surface area contributed by atoms with Crippen molar-refractivity contribution in [2.24, 2.45) is 0 Å². The van der Waals surface area contributed by atoms with Crippen molar-refractivity contribution in [3.63, 3.8) is 0 Å². The lowest BCUT2D eigenvalue weighted by atomic mass is 9.93. The number of carbonyl (C=O) groups excluding carboxylic acids is 2. The van der Waals surface area contributed by atoms with Gasteiger partial charge < -0.3 is 15.4 Å². The molecule has 40 heavy (non-hydrogen) atoms. The first-order valence-electron chi connectivity index (χ1n) is 12.7. The van der Waals surface area contributed by atoms with E-state index in [1.54, 1.807) is 41.2 Å². The van der Waals surface area contributed by atoms with E-state index in [0.29, 0.717) is 41.2 Å². The van der Waals surface area contributed by atoms with Crippen molar-refractivity contribution in [1.82, 2.24) is 25.4 Å². The molecule has 0 saturated carbocycles. The Morgan fingerprint density at radius 1 is 1.20 bits per heavy atom. The number of amides is 1. The molecule has 0 fully saturated rings. The molecule has 0 radical (unpaired) electrons. The molecule has 0 saturated heterocycles. The molecule has 0 aliphatic carbocycles. The van der Waals surface area contributed by atoms with Crippen molar-refractivity contribution in [2.45, 2.75) is 33.0 Å². The van der Waals surface area contributed by atoms with Gasteiger partial charge in [-0.05, 0) is 54.8 Å². The Morgan fingerprint density at radius 3 is 2.80 bits per heavy atom. The van der Waals surface area contributed by atoms with Crippen LogP contribution in [0.25, 0.3) is 5.82 Å². The zero-order valence-electron chi connectivity index (χ0n) is 22.1. The van der Waals surface area contributed by atoms with Gasteiger partial charge >= 0.3 is 5.97 Å².